The van der Waals surface area contributed by atoms with Crippen LogP contribution in [0.3, 0.4) is 0 Å². The maximum absolute atomic E-state index is 12.4. The highest BCUT2D eigenvalue weighted by atomic mass is 16.7. The van der Waals surface area contributed by atoms with Gasteiger partial charge in [0.2, 0.25) is 12.7 Å². The van der Waals surface area contributed by atoms with Crippen molar-refractivity contribution in [3.63, 3.8) is 0 Å². The van der Waals surface area contributed by atoms with Crippen molar-refractivity contribution in [3.05, 3.63) is 23.8 Å². The Labute approximate surface area is 135 Å². The van der Waals surface area contributed by atoms with E-state index in [-0.39, 0.29) is 24.6 Å². The third-order valence-electron chi connectivity index (χ3n) is 4.26. The van der Waals surface area contributed by atoms with E-state index in [4.69, 9.17) is 14.2 Å². The molecule has 0 saturated carbocycles. The molecule has 3 rings (SSSR count). The van der Waals surface area contributed by atoms with E-state index in [0.29, 0.717) is 44.7 Å². The molecule has 0 aromatic heterocycles. The van der Waals surface area contributed by atoms with Crippen LogP contribution < -0.4 is 9.47 Å². The van der Waals surface area contributed by atoms with Crippen LogP contribution in [0.5, 0.6) is 11.5 Å². The van der Waals surface area contributed by atoms with Gasteiger partial charge in [0.05, 0.1) is 18.9 Å². The molecule has 6 heteroatoms. The third-order valence-corrected chi connectivity index (χ3v) is 4.26. The number of carbonyl (C=O) groups excluding carboxylic acids is 2. The summed E-state index contributed by atoms with van der Waals surface area (Å²) in [6.45, 7) is 3.65. The molecule has 0 bridgehead atoms. The van der Waals surface area contributed by atoms with E-state index >= 15 is 0 Å². The predicted octanol–water partition coefficient (Wildman–Crippen LogP) is 1.76. The Balaban J connectivity index is 1.53. The normalized spacial score (nSPS) is 17.2. The maximum Gasteiger partial charge on any atom is 0.309 e. The summed E-state index contributed by atoms with van der Waals surface area (Å²) in [6, 6.07) is 5.57. The van der Waals surface area contributed by atoms with Gasteiger partial charge in [0.1, 0.15) is 0 Å². The van der Waals surface area contributed by atoms with Crippen LogP contribution in [0, 0.1) is 5.92 Å². The molecule has 0 spiro atoms. The summed E-state index contributed by atoms with van der Waals surface area (Å²) >= 11 is 0. The number of piperidine rings is 1. The first-order chi connectivity index (χ1) is 11.2. The first-order valence-electron chi connectivity index (χ1n) is 8.00. The number of ether oxygens (including phenoxy) is 3. The minimum Gasteiger partial charge on any atom is -0.466 e. The number of hydrogen-bond acceptors (Lipinski definition) is 5. The van der Waals surface area contributed by atoms with Crippen LogP contribution in [0.2, 0.25) is 0 Å². The Hall–Kier alpha value is -2.24. The fraction of sp³-hybridized carbons (Fsp3) is 0.529. The van der Waals surface area contributed by atoms with Crippen molar-refractivity contribution in [3.8, 4) is 11.5 Å². The molecule has 1 aromatic carbocycles. The van der Waals surface area contributed by atoms with Gasteiger partial charge in [-0.3, -0.25) is 9.59 Å². The minimum atomic E-state index is -0.143. The Morgan fingerprint density at radius 1 is 1.22 bits per heavy atom. The lowest BCUT2D eigenvalue weighted by atomic mass is 9.96. The van der Waals surface area contributed by atoms with Gasteiger partial charge in [-0.15, -0.1) is 0 Å². The average Bonchev–Trinajstić information content (AvgIpc) is 3.03. The predicted molar refractivity (Wildman–Crippen MR) is 82.2 cm³/mol. The largest absolute Gasteiger partial charge is 0.466 e. The Morgan fingerprint density at radius 3 is 2.70 bits per heavy atom. The van der Waals surface area contributed by atoms with Crippen molar-refractivity contribution in [1.82, 2.24) is 4.90 Å². The van der Waals surface area contributed by atoms with E-state index in [1.165, 1.54) is 0 Å². The van der Waals surface area contributed by atoms with Crippen LogP contribution >= 0.6 is 0 Å². The highest BCUT2D eigenvalue weighted by molar-refractivity contribution is 5.79. The Bertz CT molecular complexity index is 593. The molecule has 1 fully saturated rings. The maximum atomic E-state index is 12.4. The van der Waals surface area contributed by atoms with Crippen LogP contribution in [0.1, 0.15) is 25.3 Å². The van der Waals surface area contributed by atoms with Crippen molar-refractivity contribution < 1.29 is 23.8 Å². The van der Waals surface area contributed by atoms with Crippen LogP contribution in [-0.2, 0) is 20.7 Å². The molecule has 23 heavy (non-hydrogen) atoms. The molecular formula is C17H21NO5. The number of amides is 1. The lowest BCUT2D eigenvalue weighted by Gasteiger charge is -2.31. The molecule has 124 valence electrons. The van der Waals surface area contributed by atoms with E-state index in [9.17, 15) is 9.59 Å². The lowest BCUT2D eigenvalue weighted by molar-refractivity contribution is -0.151. The van der Waals surface area contributed by atoms with Crippen molar-refractivity contribution in [2.75, 3.05) is 26.5 Å². The molecule has 6 nitrogen and oxygen atoms in total. The summed E-state index contributed by atoms with van der Waals surface area (Å²) in [5.41, 5.74) is 0.909. The fourth-order valence-electron chi connectivity index (χ4n) is 2.96. The second-order valence-corrected chi connectivity index (χ2v) is 5.77. The SMILES string of the molecule is CCOC(=O)C1CCN(C(=O)Cc2ccc3c(c2)OCO3)CC1. The average molecular weight is 319 g/mol. The number of likely N-dealkylation sites (tertiary alicyclic amines) is 1. The summed E-state index contributed by atoms with van der Waals surface area (Å²) in [4.78, 5) is 25.9. The first-order valence-corrected chi connectivity index (χ1v) is 8.00. The standard InChI is InChI=1S/C17H21NO5/c1-2-21-17(20)13-5-7-18(8-6-13)16(19)10-12-3-4-14-15(9-12)23-11-22-14/h3-4,9,13H,2,5-8,10-11H2,1H3. The molecule has 0 N–H and O–H groups in total. The fourth-order valence-corrected chi connectivity index (χ4v) is 2.96. The quantitative estimate of drug-likeness (QED) is 0.791. The smallest absolute Gasteiger partial charge is 0.309 e. The van der Waals surface area contributed by atoms with Gasteiger partial charge in [-0.2, -0.15) is 0 Å². The molecule has 1 saturated heterocycles. The van der Waals surface area contributed by atoms with Crippen molar-refractivity contribution in [2.45, 2.75) is 26.2 Å². The van der Waals surface area contributed by atoms with E-state index in [1.807, 2.05) is 30.0 Å². The zero-order chi connectivity index (χ0) is 16.2. The van der Waals surface area contributed by atoms with Gasteiger partial charge in [-0.05, 0) is 37.5 Å². The lowest BCUT2D eigenvalue weighted by Crippen LogP contribution is -2.41. The molecule has 0 radical (unpaired) electrons. The van der Waals surface area contributed by atoms with Gasteiger partial charge < -0.3 is 19.1 Å². The molecule has 0 aliphatic carbocycles. The third kappa shape index (κ3) is 3.57. The van der Waals surface area contributed by atoms with Crippen LogP contribution in [0.15, 0.2) is 18.2 Å². The molecule has 0 atom stereocenters. The van der Waals surface area contributed by atoms with Crippen LogP contribution in [0.4, 0.5) is 0 Å². The number of rotatable bonds is 4. The highest BCUT2D eigenvalue weighted by Crippen LogP contribution is 2.32. The topological polar surface area (TPSA) is 65.1 Å². The number of nitrogens with zero attached hydrogens (tertiary/aromatic N) is 1. The number of hydrogen-bond donors (Lipinski definition) is 0. The zero-order valence-corrected chi connectivity index (χ0v) is 13.2. The number of fused-ring (bicyclic) bond motifs is 1. The summed E-state index contributed by atoms with van der Waals surface area (Å²) in [5.74, 6) is 1.26. The zero-order valence-electron chi connectivity index (χ0n) is 13.2. The van der Waals surface area contributed by atoms with Crippen molar-refractivity contribution in [1.29, 1.82) is 0 Å². The molecule has 0 unspecified atom stereocenters. The number of carbonyl (C=O) groups is 2. The Morgan fingerprint density at radius 2 is 1.96 bits per heavy atom. The van der Waals surface area contributed by atoms with E-state index in [1.54, 1.807) is 0 Å². The monoisotopic (exact) mass is 319 g/mol. The van der Waals surface area contributed by atoms with Gasteiger partial charge in [0, 0.05) is 13.1 Å². The van der Waals surface area contributed by atoms with Crippen LogP contribution in [0.25, 0.3) is 0 Å². The number of benzene rings is 1. The van der Waals surface area contributed by atoms with E-state index < -0.39 is 0 Å². The van der Waals surface area contributed by atoms with Crippen molar-refractivity contribution in [2.24, 2.45) is 5.92 Å². The number of esters is 1. The van der Waals surface area contributed by atoms with Gasteiger partial charge in [0.15, 0.2) is 11.5 Å². The van der Waals surface area contributed by atoms with Crippen molar-refractivity contribution >= 4 is 11.9 Å². The Kier molecular flexibility index (Phi) is 4.69. The van der Waals surface area contributed by atoms with E-state index in [2.05, 4.69) is 0 Å². The van der Waals surface area contributed by atoms with Gasteiger partial charge in [0.25, 0.3) is 0 Å². The van der Waals surface area contributed by atoms with Gasteiger partial charge in [-0.1, -0.05) is 6.07 Å². The summed E-state index contributed by atoms with van der Waals surface area (Å²) in [6.07, 6.45) is 1.68. The molecular weight excluding hydrogens is 298 g/mol. The minimum absolute atomic E-state index is 0.0752. The second-order valence-electron chi connectivity index (χ2n) is 5.77. The summed E-state index contributed by atoms with van der Waals surface area (Å²) in [7, 11) is 0. The highest BCUT2D eigenvalue weighted by Gasteiger charge is 2.28. The summed E-state index contributed by atoms with van der Waals surface area (Å²) in [5, 5.41) is 0. The first kappa shape index (κ1) is 15.6. The molecule has 1 amide bonds. The summed E-state index contributed by atoms with van der Waals surface area (Å²) < 4.78 is 15.6. The van der Waals surface area contributed by atoms with Gasteiger partial charge in [-0.25, -0.2) is 0 Å². The molecule has 2 aliphatic rings. The van der Waals surface area contributed by atoms with Crippen LogP contribution in [-0.4, -0.2) is 43.3 Å². The molecule has 2 aliphatic heterocycles. The molecule has 1 aromatic rings. The second kappa shape index (κ2) is 6.89. The van der Waals surface area contributed by atoms with E-state index in [0.717, 1.165) is 11.3 Å². The van der Waals surface area contributed by atoms with Gasteiger partial charge >= 0.3 is 5.97 Å². The molecule has 2 heterocycles.